The molecule has 0 aliphatic carbocycles. The summed E-state index contributed by atoms with van der Waals surface area (Å²) in [7, 11) is 0. The van der Waals surface area contributed by atoms with E-state index in [1.54, 1.807) is 0 Å². The molecule has 0 spiro atoms. The molecule has 37 heavy (non-hydrogen) atoms. The maximum Gasteiger partial charge on any atom is 0.159 e. The summed E-state index contributed by atoms with van der Waals surface area (Å²) in [5.41, 5.74) is 7.31. The van der Waals surface area contributed by atoms with Crippen molar-refractivity contribution in [3.05, 3.63) is 138 Å². The van der Waals surface area contributed by atoms with Crippen molar-refractivity contribution in [3.63, 3.8) is 0 Å². The quantitative estimate of drug-likeness (QED) is 0.221. The van der Waals surface area contributed by atoms with Crippen LogP contribution in [0.1, 0.15) is 0 Å². The second kappa shape index (κ2) is 8.95. The Balaban J connectivity index is 1.43. The van der Waals surface area contributed by atoms with Gasteiger partial charge < -0.3 is 9.32 Å². The molecule has 0 bridgehead atoms. The van der Waals surface area contributed by atoms with E-state index in [4.69, 9.17) is 4.42 Å². The maximum absolute atomic E-state index is 6.58. The second-order valence-corrected chi connectivity index (χ2v) is 10.1. The van der Waals surface area contributed by atoms with Crippen LogP contribution in [-0.2, 0) is 0 Å². The smallest absolute Gasteiger partial charge is 0.159 e. The number of benzene rings is 6. The summed E-state index contributed by atoms with van der Waals surface area (Å²) in [6.45, 7) is 0. The van der Waals surface area contributed by atoms with Crippen molar-refractivity contribution in [3.8, 4) is 11.1 Å². The summed E-state index contributed by atoms with van der Waals surface area (Å²) in [6, 6.07) is 46.8. The summed E-state index contributed by atoms with van der Waals surface area (Å²) >= 11 is 3.59. The average Bonchev–Trinajstić information content (AvgIpc) is 3.32. The summed E-state index contributed by atoms with van der Waals surface area (Å²) in [6.07, 6.45) is 0. The average molecular weight is 540 g/mol. The lowest BCUT2D eigenvalue weighted by Gasteiger charge is -2.25. The van der Waals surface area contributed by atoms with E-state index in [-0.39, 0.29) is 0 Å². The highest BCUT2D eigenvalue weighted by Gasteiger charge is 2.19. The minimum absolute atomic E-state index is 0.878. The molecule has 0 radical (unpaired) electrons. The highest BCUT2D eigenvalue weighted by atomic mass is 79.9. The predicted molar refractivity (Wildman–Crippen MR) is 159 cm³/mol. The molecule has 7 rings (SSSR count). The summed E-state index contributed by atoms with van der Waals surface area (Å²) in [5, 5.41) is 4.63. The molecular formula is C34H22BrNO. The van der Waals surface area contributed by atoms with Crippen molar-refractivity contribution in [1.82, 2.24) is 0 Å². The molecule has 176 valence electrons. The van der Waals surface area contributed by atoms with Gasteiger partial charge in [-0.1, -0.05) is 94.8 Å². The van der Waals surface area contributed by atoms with Gasteiger partial charge in [0.05, 0.1) is 5.69 Å². The van der Waals surface area contributed by atoms with Gasteiger partial charge in [-0.3, -0.25) is 0 Å². The van der Waals surface area contributed by atoms with E-state index in [9.17, 15) is 0 Å². The molecule has 1 heterocycles. The Labute approximate surface area is 223 Å². The molecular weight excluding hydrogens is 518 g/mol. The largest absolute Gasteiger partial charge is 0.454 e. The summed E-state index contributed by atoms with van der Waals surface area (Å²) in [5.74, 6) is 0. The van der Waals surface area contributed by atoms with Crippen LogP contribution >= 0.6 is 15.9 Å². The molecule has 0 aliphatic heterocycles. The standard InChI is InChI=1S/C34H22BrNO/c35-27-15-19-29(20-16-27)36(28-17-13-24(14-18-28)23-7-2-1-3-8-23)32-12-6-11-30-31-21-25-9-4-5-10-26(25)22-33(31)37-34(30)32/h1-22H. The first-order valence-electron chi connectivity index (χ1n) is 12.3. The van der Waals surface area contributed by atoms with E-state index in [1.807, 2.05) is 6.07 Å². The van der Waals surface area contributed by atoms with Gasteiger partial charge in [0.1, 0.15) is 5.58 Å². The van der Waals surface area contributed by atoms with Crippen LogP contribution in [0, 0.1) is 0 Å². The van der Waals surface area contributed by atoms with E-state index >= 15 is 0 Å². The Hall–Kier alpha value is -4.34. The van der Waals surface area contributed by atoms with Gasteiger partial charge in [0.25, 0.3) is 0 Å². The summed E-state index contributed by atoms with van der Waals surface area (Å²) in [4.78, 5) is 2.27. The van der Waals surface area contributed by atoms with Crippen LogP contribution in [0.3, 0.4) is 0 Å². The van der Waals surface area contributed by atoms with E-state index in [0.717, 1.165) is 43.5 Å². The lowest BCUT2D eigenvalue weighted by Crippen LogP contribution is -2.10. The minimum atomic E-state index is 0.878. The lowest BCUT2D eigenvalue weighted by molar-refractivity contribution is 0.669. The predicted octanol–water partition coefficient (Wildman–Crippen LogP) is 10.6. The lowest BCUT2D eigenvalue weighted by atomic mass is 10.0. The fourth-order valence-corrected chi connectivity index (χ4v) is 5.36. The van der Waals surface area contributed by atoms with E-state index < -0.39 is 0 Å². The van der Waals surface area contributed by atoms with Crippen molar-refractivity contribution in [2.75, 3.05) is 4.90 Å². The van der Waals surface area contributed by atoms with Gasteiger partial charge in [-0.25, -0.2) is 0 Å². The fourth-order valence-electron chi connectivity index (χ4n) is 5.10. The molecule has 0 aliphatic rings. The third-order valence-corrected chi connectivity index (χ3v) is 7.43. The fraction of sp³-hybridized carbons (Fsp3) is 0. The third-order valence-electron chi connectivity index (χ3n) is 6.90. The number of fused-ring (bicyclic) bond motifs is 4. The molecule has 0 saturated heterocycles. The van der Waals surface area contributed by atoms with E-state index in [2.05, 4.69) is 148 Å². The molecule has 0 unspecified atom stereocenters. The minimum Gasteiger partial charge on any atom is -0.454 e. The van der Waals surface area contributed by atoms with Crippen LogP contribution in [0.25, 0.3) is 43.8 Å². The van der Waals surface area contributed by atoms with E-state index in [1.165, 1.54) is 21.9 Å². The third kappa shape index (κ3) is 3.89. The van der Waals surface area contributed by atoms with Gasteiger partial charge in [0.15, 0.2) is 5.58 Å². The van der Waals surface area contributed by atoms with Crippen LogP contribution < -0.4 is 4.90 Å². The Morgan fingerprint density at radius 3 is 1.86 bits per heavy atom. The second-order valence-electron chi connectivity index (χ2n) is 9.18. The van der Waals surface area contributed by atoms with Crippen LogP contribution in [0.2, 0.25) is 0 Å². The number of hydrogen-bond donors (Lipinski definition) is 0. The molecule has 0 atom stereocenters. The van der Waals surface area contributed by atoms with Crippen molar-refractivity contribution in [1.29, 1.82) is 0 Å². The normalized spacial score (nSPS) is 11.4. The number of nitrogens with zero attached hydrogens (tertiary/aromatic N) is 1. The van der Waals surface area contributed by atoms with Gasteiger partial charge in [0, 0.05) is 26.6 Å². The Kier molecular flexibility index (Phi) is 5.30. The van der Waals surface area contributed by atoms with Crippen molar-refractivity contribution >= 4 is 65.7 Å². The number of rotatable bonds is 4. The number of furan rings is 1. The van der Waals surface area contributed by atoms with Gasteiger partial charge in [-0.2, -0.15) is 0 Å². The molecule has 2 nitrogen and oxygen atoms in total. The van der Waals surface area contributed by atoms with Crippen molar-refractivity contribution in [2.24, 2.45) is 0 Å². The molecule has 0 saturated carbocycles. The molecule has 0 N–H and O–H groups in total. The van der Waals surface area contributed by atoms with Crippen LogP contribution in [0.15, 0.2) is 142 Å². The molecule has 1 aromatic heterocycles. The molecule has 0 fully saturated rings. The molecule has 7 aromatic rings. The molecule has 6 aromatic carbocycles. The maximum atomic E-state index is 6.58. The van der Waals surface area contributed by atoms with Crippen LogP contribution in [0.4, 0.5) is 17.1 Å². The molecule has 3 heteroatoms. The summed E-state index contributed by atoms with van der Waals surface area (Å²) < 4.78 is 7.63. The van der Waals surface area contributed by atoms with E-state index in [0.29, 0.717) is 0 Å². The van der Waals surface area contributed by atoms with Crippen LogP contribution in [0.5, 0.6) is 0 Å². The number of hydrogen-bond acceptors (Lipinski definition) is 2. The zero-order chi connectivity index (χ0) is 24.8. The first kappa shape index (κ1) is 21.9. The van der Waals surface area contributed by atoms with Crippen LogP contribution in [-0.4, -0.2) is 0 Å². The highest BCUT2D eigenvalue weighted by molar-refractivity contribution is 9.10. The SMILES string of the molecule is Brc1ccc(N(c2ccc(-c3ccccc3)cc2)c2cccc3c2oc2cc4ccccc4cc23)cc1. The van der Waals surface area contributed by atoms with Gasteiger partial charge in [0.2, 0.25) is 0 Å². The van der Waals surface area contributed by atoms with Crippen molar-refractivity contribution < 1.29 is 4.42 Å². The zero-order valence-corrected chi connectivity index (χ0v) is 21.5. The van der Waals surface area contributed by atoms with Crippen molar-refractivity contribution in [2.45, 2.75) is 0 Å². The topological polar surface area (TPSA) is 16.4 Å². The first-order chi connectivity index (χ1) is 18.2. The number of halogens is 1. The Bertz CT molecular complexity index is 1870. The first-order valence-corrected chi connectivity index (χ1v) is 13.1. The number of para-hydroxylation sites is 1. The van der Waals surface area contributed by atoms with Gasteiger partial charge in [-0.15, -0.1) is 0 Å². The number of anilines is 3. The van der Waals surface area contributed by atoms with Gasteiger partial charge in [-0.05, 0) is 76.5 Å². The highest BCUT2D eigenvalue weighted by Crippen LogP contribution is 2.43. The van der Waals surface area contributed by atoms with Gasteiger partial charge >= 0.3 is 0 Å². The molecule has 0 amide bonds. The zero-order valence-electron chi connectivity index (χ0n) is 19.9. The Morgan fingerprint density at radius 1 is 0.514 bits per heavy atom. The Morgan fingerprint density at radius 2 is 1.14 bits per heavy atom. The monoisotopic (exact) mass is 539 g/mol.